The molecule has 1 unspecified atom stereocenters. The summed E-state index contributed by atoms with van der Waals surface area (Å²) in [6, 6.07) is 0.113. The highest BCUT2D eigenvalue weighted by molar-refractivity contribution is 5.03. The van der Waals surface area contributed by atoms with Crippen LogP contribution in [0.15, 0.2) is 12.5 Å². The van der Waals surface area contributed by atoms with E-state index in [0.717, 1.165) is 18.5 Å². The van der Waals surface area contributed by atoms with Crippen LogP contribution in [0, 0.1) is 5.41 Å². The number of nitrogens with zero attached hydrogens (tertiary/aromatic N) is 2. The van der Waals surface area contributed by atoms with Gasteiger partial charge in [-0.15, -0.1) is 0 Å². The highest BCUT2D eigenvalue weighted by Crippen LogP contribution is 2.25. The Morgan fingerprint density at radius 3 is 2.57 bits per heavy atom. The fourth-order valence-electron chi connectivity index (χ4n) is 1.46. The van der Waals surface area contributed by atoms with Crippen LogP contribution in [0.1, 0.15) is 45.3 Å². The summed E-state index contributed by atoms with van der Waals surface area (Å²) >= 11 is 0. The van der Waals surface area contributed by atoms with Gasteiger partial charge in [-0.05, 0) is 18.3 Å². The number of hydrogen-bond donors (Lipinski definition) is 1. The second-order valence-corrected chi connectivity index (χ2v) is 5.14. The highest BCUT2D eigenvalue weighted by atomic mass is 15.0. The van der Waals surface area contributed by atoms with Crippen LogP contribution in [-0.4, -0.2) is 9.55 Å². The molecule has 0 radical (unpaired) electrons. The van der Waals surface area contributed by atoms with Gasteiger partial charge < -0.3 is 10.3 Å². The van der Waals surface area contributed by atoms with Crippen molar-refractivity contribution in [3.05, 3.63) is 18.2 Å². The summed E-state index contributed by atoms with van der Waals surface area (Å²) in [5.74, 6) is 0. The molecule has 3 nitrogen and oxygen atoms in total. The van der Waals surface area contributed by atoms with Crippen LogP contribution < -0.4 is 5.73 Å². The normalized spacial score (nSPS) is 14.4. The molecule has 0 aliphatic rings. The van der Waals surface area contributed by atoms with Crippen LogP contribution in [-0.2, 0) is 7.05 Å². The van der Waals surface area contributed by atoms with E-state index in [1.165, 1.54) is 0 Å². The Hall–Kier alpha value is -0.830. The van der Waals surface area contributed by atoms with Gasteiger partial charge in [0.05, 0.1) is 12.0 Å². The molecule has 0 aromatic carbocycles. The Morgan fingerprint density at radius 2 is 2.14 bits per heavy atom. The van der Waals surface area contributed by atoms with Crippen LogP contribution >= 0.6 is 0 Å². The smallest absolute Gasteiger partial charge is 0.0946 e. The molecule has 0 aliphatic carbocycles. The first kappa shape index (κ1) is 11.2. The maximum atomic E-state index is 6.09. The van der Waals surface area contributed by atoms with Crippen molar-refractivity contribution in [1.29, 1.82) is 0 Å². The van der Waals surface area contributed by atoms with Crippen molar-refractivity contribution < 1.29 is 0 Å². The van der Waals surface area contributed by atoms with Crippen LogP contribution in [0.25, 0.3) is 0 Å². The largest absolute Gasteiger partial charge is 0.336 e. The molecular formula is C11H21N3. The Balaban J connectivity index is 2.51. The predicted molar refractivity (Wildman–Crippen MR) is 58.8 cm³/mol. The summed E-state index contributed by atoms with van der Waals surface area (Å²) in [6.07, 6.45) is 5.81. The SMILES string of the molecule is Cn1cncc1C(N)CCC(C)(C)C. The molecule has 2 N–H and O–H groups in total. The molecule has 1 heterocycles. The minimum atomic E-state index is 0.113. The van der Waals surface area contributed by atoms with E-state index in [2.05, 4.69) is 25.8 Å². The van der Waals surface area contributed by atoms with E-state index in [1.807, 2.05) is 17.8 Å². The average molecular weight is 195 g/mol. The summed E-state index contributed by atoms with van der Waals surface area (Å²) in [4.78, 5) is 4.07. The second-order valence-electron chi connectivity index (χ2n) is 5.14. The molecule has 80 valence electrons. The van der Waals surface area contributed by atoms with Gasteiger partial charge in [0.1, 0.15) is 0 Å². The number of nitrogens with two attached hydrogens (primary N) is 1. The van der Waals surface area contributed by atoms with E-state index in [4.69, 9.17) is 5.73 Å². The van der Waals surface area contributed by atoms with E-state index in [9.17, 15) is 0 Å². The van der Waals surface area contributed by atoms with Crippen molar-refractivity contribution in [3.63, 3.8) is 0 Å². The molecule has 0 amide bonds. The monoisotopic (exact) mass is 195 g/mol. The van der Waals surface area contributed by atoms with E-state index >= 15 is 0 Å². The van der Waals surface area contributed by atoms with E-state index < -0.39 is 0 Å². The molecule has 1 atom stereocenters. The summed E-state index contributed by atoms with van der Waals surface area (Å²) in [5, 5.41) is 0. The molecule has 3 heteroatoms. The zero-order valence-electron chi connectivity index (χ0n) is 9.62. The standard InChI is InChI=1S/C11H21N3/c1-11(2,3)6-5-9(12)10-7-13-8-14(10)4/h7-9H,5-6,12H2,1-4H3. The number of aromatic nitrogens is 2. The summed E-state index contributed by atoms with van der Waals surface area (Å²) in [7, 11) is 1.99. The Labute approximate surface area is 86.3 Å². The first-order chi connectivity index (χ1) is 6.40. The van der Waals surface area contributed by atoms with Gasteiger partial charge >= 0.3 is 0 Å². The first-order valence-electron chi connectivity index (χ1n) is 5.12. The number of imidazole rings is 1. The van der Waals surface area contributed by atoms with Crippen LogP contribution in [0.4, 0.5) is 0 Å². The van der Waals surface area contributed by atoms with Gasteiger partial charge in [0.25, 0.3) is 0 Å². The van der Waals surface area contributed by atoms with Crippen molar-refractivity contribution in [1.82, 2.24) is 9.55 Å². The minimum absolute atomic E-state index is 0.113. The van der Waals surface area contributed by atoms with Gasteiger partial charge in [-0.2, -0.15) is 0 Å². The molecule has 1 aromatic heterocycles. The summed E-state index contributed by atoms with van der Waals surface area (Å²) < 4.78 is 1.99. The van der Waals surface area contributed by atoms with Crippen LogP contribution in [0.3, 0.4) is 0 Å². The number of rotatable bonds is 3. The maximum Gasteiger partial charge on any atom is 0.0946 e. The quantitative estimate of drug-likeness (QED) is 0.804. The molecule has 0 saturated carbocycles. The van der Waals surface area contributed by atoms with Gasteiger partial charge in [0.15, 0.2) is 0 Å². The van der Waals surface area contributed by atoms with Gasteiger partial charge in [-0.3, -0.25) is 0 Å². The lowest BCUT2D eigenvalue weighted by molar-refractivity contribution is 0.347. The zero-order chi connectivity index (χ0) is 10.8. The first-order valence-corrected chi connectivity index (χ1v) is 5.12. The highest BCUT2D eigenvalue weighted by Gasteiger charge is 2.15. The Morgan fingerprint density at radius 1 is 1.50 bits per heavy atom. The second kappa shape index (κ2) is 4.13. The van der Waals surface area contributed by atoms with E-state index in [1.54, 1.807) is 6.33 Å². The summed E-state index contributed by atoms with van der Waals surface area (Å²) in [6.45, 7) is 6.72. The fourth-order valence-corrected chi connectivity index (χ4v) is 1.46. The molecule has 0 spiro atoms. The lowest BCUT2D eigenvalue weighted by Gasteiger charge is -2.20. The Bertz CT molecular complexity index is 283. The average Bonchev–Trinajstić information content (AvgIpc) is 2.46. The predicted octanol–water partition coefficient (Wildman–Crippen LogP) is 2.25. The summed E-state index contributed by atoms with van der Waals surface area (Å²) in [5.41, 5.74) is 7.56. The lowest BCUT2D eigenvalue weighted by Crippen LogP contribution is -2.17. The number of aryl methyl sites for hydroxylation is 1. The van der Waals surface area contributed by atoms with Gasteiger partial charge in [0.2, 0.25) is 0 Å². The molecule has 0 aliphatic heterocycles. The third-order valence-electron chi connectivity index (χ3n) is 2.44. The number of hydrogen-bond acceptors (Lipinski definition) is 2. The molecule has 0 saturated heterocycles. The molecule has 0 fully saturated rings. The van der Waals surface area contributed by atoms with Crippen molar-refractivity contribution in [2.24, 2.45) is 18.2 Å². The van der Waals surface area contributed by atoms with Gasteiger partial charge in [-0.1, -0.05) is 20.8 Å². The van der Waals surface area contributed by atoms with Crippen molar-refractivity contribution in [2.75, 3.05) is 0 Å². The third-order valence-corrected chi connectivity index (χ3v) is 2.44. The van der Waals surface area contributed by atoms with Crippen molar-refractivity contribution >= 4 is 0 Å². The molecule has 1 aromatic rings. The zero-order valence-corrected chi connectivity index (χ0v) is 9.62. The molecule has 14 heavy (non-hydrogen) atoms. The minimum Gasteiger partial charge on any atom is -0.336 e. The van der Waals surface area contributed by atoms with E-state index in [-0.39, 0.29) is 6.04 Å². The Kier molecular flexibility index (Phi) is 3.32. The van der Waals surface area contributed by atoms with E-state index in [0.29, 0.717) is 5.41 Å². The lowest BCUT2D eigenvalue weighted by atomic mass is 9.88. The topological polar surface area (TPSA) is 43.8 Å². The van der Waals surface area contributed by atoms with Crippen LogP contribution in [0.5, 0.6) is 0 Å². The maximum absolute atomic E-state index is 6.09. The van der Waals surface area contributed by atoms with Crippen molar-refractivity contribution in [2.45, 2.75) is 39.7 Å². The van der Waals surface area contributed by atoms with Gasteiger partial charge in [0, 0.05) is 19.3 Å². The molecule has 1 rings (SSSR count). The molecule has 0 bridgehead atoms. The van der Waals surface area contributed by atoms with Crippen LogP contribution in [0.2, 0.25) is 0 Å². The van der Waals surface area contributed by atoms with Crippen molar-refractivity contribution in [3.8, 4) is 0 Å². The fraction of sp³-hybridized carbons (Fsp3) is 0.727. The third kappa shape index (κ3) is 3.14. The molecular weight excluding hydrogens is 174 g/mol. The van der Waals surface area contributed by atoms with Gasteiger partial charge in [-0.25, -0.2) is 4.98 Å².